The van der Waals surface area contributed by atoms with E-state index in [4.69, 9.17) is 16.7 Å². The fourth-order valence-corrected chi connectivity index (χ4v) is 4.37. The van der Waals surface area contributed by atoms with Crippen molar-refractivity contribution >= 4 is 57.7 Å². The minimum Gasteiger partial charge on any atom is -0.481 e. The summed E-state index contributed by atoms with van der Waals surface area (Å²) < 4.78 is 0. The van der Waals surface area contributed by atoms with Crippen LogP contribution in [0.1, 0.15) is 23.1 Å². The number of fused-ring (bicyclic) bond motifs is 1. The monoisotopic (exact) mass is 532 g/mol. The molecule has 0 bridgehead atoms. The first-order chi connectivity index (χ1) is 18.1. The Hall–Kier alpha value is -4.14. The molecule has 3 aromatic rings. The maximum absolute atomic E-state index is 13.1. The lowest BCUT2D eigenvalue weighted by Gasteiger charge is -2.20. The van der Waals surface area contributed by atoms with E-state index in [9.17, 15) is 14.4 Å². The molecule has 8 nitrogen and oxygen atoms in total. The Morgan fingerprint density at radius 1 is 0.974 bits per heavy atom. The van der Waals surface area contributed by atoms with Crippen LogP contribution in [0.25, 0.3) is 11.3 Å². The summed E-state index contributed by atoms with van der Waals surface area (Å²) >= 11 is 6.15. The molecule has 0 unspecified atom stereocenters. The summed E-state index contributed by atoms with van der Waals surface area (Å²) in [4.78, 5) is 39.9. The van der Waals surface area contributed by atoms with Crippen molar-refractivity contribution in [3.05, 3.63) is 88.4 Å². The summed E-state index contributed by atoms with van der Waals surface area (Å²) in [5.41, 5.74) is 5.55. The van der Waals surface area contributed by atoms with E-state index in [-0.39, 0.29) is 18.2 Å². The molecule has 1 aliphatic rings. The second-order valence-electron chi connectivity index (χ2n) is 9.35. The second kappa shape index (κ2) is 11.5. The zero-order chi connectivity index (χ0) is 27.4. The van der Waals surface area contributed by atoms with Gasteiger partial charge < -0.3 is 25.5 Å². The van der Waals surface area contributed by atoms with Crippen molar-refractivity contribution in [1.82, 2.24) is 4.90 Å². The van der Waals surface area contributed by atoms with Crippen LogP contribution in [0.2, 0.25) is 5.02 Å². The highest BCUT2D eigenvalue weighted by molar-refractivity contribution is 6.38. The van der Waals surface area contributed by atoms with Gasteiger partial charge in [0, 0.05) is 35.4 Å². The largest absolute Gasteiger partial charge is 0.481 e. The maximum Gasteiger partial charge on any atom is 0.303 e. The Morgan fingerprint density at radius 3 is 2.29 bits per heavy atom. The molecule has 2 amide bonds. The number of anilines is 3. The second-order valence-corrected chi connectivity index (χ2v) is 9.78. The Morgan fingerprint density at radius 2 is 1.66 bits per heavy atom. The third kappa shape index (κ3) is 6.22. The molecule has 1 heterocycles. The molecule has 0 atom stereocenters. The van der Waals surface area contributed by atoms with Crippen LogP contribution in [-0.2, 0) is 20.8 Å². The lowest BCUT2D eigenvalue weighted by atomic mass is 9.98. The van der Waals surface area contributed by atoms with Crippen LogP contribution in [0.4, 0.5) is 17.1 Å². The number of aliphatic carboxylic acids is 1. The number of carboxylic acids is 1. The van der Waals surface area contributed by atoms with E-state index in [2.05, 4.69) is 10.6 Å². The van der Waals surface area contributed by atoms with E-state index in [1.807, 2.05) is 73.6 Å². The van der Waals surface area contributed by atoms with Gasteiger partial charge in [0.25, 0.3) is 5.91 Å². The quantitative estimate of drug-likeness (QED) is 0.342. The topological polar surface area (TPSA) is 102 Å². The number of aryl methyl sites for hydroxylation is 1. The van der Waals surface area contributed by atoms with Crippen molar-refractivity contribution in [3.8, 4) is 0 Å². The smallest absolute Gasteiger partial charge is 0.303 e. The molecule has 3 N–H and O–H groups in total. The van der Waals surface area contributed by atoms with Crippen LogP contribution in [0, 0.1) is 0 Å². The number of carbonyl (C=O) groups excluding carboxylic acids is 2. The molecule has 0 saturated carbocycles. The van der Waals surface area contributed by atoms with Crippen LogP contribution in [0.5, 0.6) is 0 Å². The van der Waals surface area contributed by atoms with Crippen molar-refractivity contribution in [1.29, 1.82) is 0 Å². The van der Waals surface area contributed by atoms with Crippen molar-refractivity contribution < 1.29 is 19.5 Å². The van der Waals surface area contributed by atoms with Gasteiger partial charge in [-0.1, -0.05) is 41.9 Å². The first-order valence-electron chi connectivity index (χ1n) is 12.1. The predicted molar refractivity (Wildman–Crippen MR) is 151 cm³/mol. The van der Waals surface area contributed by atoms with E-state index in [1.54, 1.807) is 24.1 Å². The Labute approximate surface area is 226 Å². The molecule has 9 heteroatoms. The van der Waals surface area contributed by atoms with E-state index < -0.39 is 5.97 Å². The number of carbonyl (C=O) groups is 3. The predicted octanol–water partition coefficient (Wildman–Crippen LogP) is 4.81. The Bertz CT molecular complexity index is 1400. The number of benzene rings is 3. The zero-order valence-corrected chi connectivity index (χ0v) is 22.2. The van der Waals surface area contributed by atoms with Crippen molar-refractivity contribution in [2.75, 3.05) is 43.2 Å². The van der Waals surface area contributed by atoms with Gasteiger partial charge in [0.05, 0.1) is 23.5 Å². The minimum atomic E-state index is -0.853. The van der Waals surface area contributed by atoms with Gasteiger partial charge in [-0.3, -0.25) is 14.4 Å². The molecule has 0 aromatic heterocycles. The molecule has 1 aliphatic heterocycles. The van der Waals surface area contributed by atoms with E-state index in [1.165, 1.54) is 0 Å². The number of carboxylic acid groups (broad SMARTS) is 1. The molecular weight excluding hydrogens is 504 g/mol. The highest BCUT2D eigenvalue weighted by atomic mass is 35.5. The van der Waals surface area contributed by atoms with Crippen LogP contribution in [0.15, 0.2) is 66.7 Å². The number of hydrogen-bond donors (Lipinski definition) is 3. The molecule has 4 rings (SSSR count). The van der Waals surface area contributed by atoms with Crippen molar-refractivity contribution in [2.45, 2.75) is 12.8 Å². The summed E-state index contributed by atoms with van der Waals surface area (Å²) in [7, 11) is 5.42. The third-order valence-corrected chi connectivity index (χ3v) is 6.43. The maximum atomic E-state index is 13.1. The lowest BCUT2D eigenvalue weighted by molar-refractivity contribution is -0.137. The average molecular weight is 533 g/mol. The van der Waals surface area contributed by atoms with Crippen LogP contribution < -0.4 is 15.5 Å². The molecule has 0 spiro atoms. The molecule has 38 heavy (non-hydrogen) atoms. The summed E-state index contributed by atoms with van der Waals surface area (Å²) in [5.74, 6) is -1.14. The molecule has 196 valence electrons. The van der Waals surface area contributed by atoms with Gasteiger partial charge in [0.2, 0.25) is 5.91 Å². The molecule has 0 aliphatic carbocycles. The van der Waals surface area contributed by atoms with E-state index in [0.717, 1.165) is 28.1 Å². The molecule has 0 fully saturated rings. The van der Waals surface area contributed by atoms with Crippen LogP contribution in [-0.4, -0.2) is 55.5 Å². The van der Waals surface area contributed by atoms with Gasteiger partial charge in [-0.15, -0.1) is 0 Å². The van der Waals surface area contributed by atoms with Gasteiger partial charge in [0.15, 0.2) is 0 Å². The Kier molecular flexibility index (Phi) is 8.14. The van der Waals surface area contributed by atoms with Gasteiger partial charge in [-0.05, 0) is 68.0 Å². The first kappa shape index (κ1) is 26.9. The number of hydrogen-bond acceptors (Lipinski definition) is 5. The molecule has 3 aromatic carbocycles. The van der Waals surface area contributed by atoms with E-state index >= 15 is 0 Å². The number of nitrogens with one attached hydrogen (secondary N) is 2. The molecule has 0 radical (unpaired) electrons. The first-order valence-corrected chi connectivity index (χ1v) is 12.4. The minimum absolute atomic E-state index is 0.0283. The molecular formula is C29H29ClN4O4. The number of amides is 2. The van der Waals surface area contributed by atoms with Crippen LogP contribution >= 0.6 is 11.6 Å². The normalized spacial score (nSPS) is 13.7. The van der Waals surface area contributed by atoms with E-state index in [0.29, 0.717) is 34.9 Å². The summed E-state index contributed by atoms with van der Waals surface area (Å²) in [6.45, 7) is 0.299. The standard InChI is InChI=1S/C29H29ClN4O4/c1-33(2)17-25(35)34(3)22-12-10-21(11-13-22)31-28(19-7-4-18(5-8-19)6-15-26(36)37)27-23-14-9-20(30)16-24(23)32-29(27)38/h4-5,7-14,16,31H,6,15,17H2,1-3H3,(H,32,38)(H,36,37)/b28-27-. The van der Waals surface area contributed by atoms with Crippen molar-refractivity contribution in [2.24, 2.45) is 0 Å². The zero-order valence-electron chi connectivity index (χ0n) is 21.4. The summed E-state index contributed by atoms with van der Waals surface area (Å²) in [5, 5.41) is 15.8. The SMILES string of the molecule is CN(C)CC(=O)N(C)c1ccc(N/C(=C2\C(=O)Nc3cc(Cl)ccc32)c2ccc(CCC(=O)O)cc2)cc1. The van der Waals surface area contributed by atoms with Gasteiger partial charge in [-0.2, -0.15) is 0 Å². The Balaban J connectivity index is 1.70. The molecule has 0 saturated heterocycles. The van der Waals surface area contributed by atoms with Gasteiger partial charge in [-0.25, -0.2) is 0 Å². The number of nitrogens with zero attached hydrogens (tertiary/aromatic N) is 2. The third-order valence-electron chi connectivity index (χ3n) is 6.20. The average Bonchev–Trinajstić information content (AvgIpc) is 3.20. The fourth-order valence-electron chi connectivity index (χ4n) is 4.19. The number of rotatable bonds is 9. The number of likely N-dealkylation sites (N-methyl/N-ethyl adjacent to an activating group) is 2. The van der Waals surface area contributed by atoms with Gasteiger partial charge in [0.1, 0.15) is 0 Å². The summed E-state index contributed by atoms with van der Waals surface area (Å²) in [6, 6.07) is 20.1. The lowest BCUT2D eigenvalue weighted by Crippen LogP contribution is -2.34. The van der Waals surface area contributed by atoms with Crippen molar-refractivity contribution in [3.63, 3.8) is 0 Å². The van der Waals surface area contributed by atoms with Crippen LogP contribution in [0.3, 0.4) is 0 Å². The highest BCUT2D eigenvalue weighted by Gasteiger charge is 2.28. The fraction of sp³-hybridized carbons (Fsp3) is 0.207. The number of halogens is 1. The van der Waals surface area contributed by atoms with Gasteiger partial charge >= 0.3 is 5.97 Å². The summed E-state index contributed by atoms with van der Waals surface area (Å²) in [6.07, 6.45) is 0.457. The highest BCUT2D eigenvalue weighted by Crippen LogP contribution is 2.39.